The van der Waals surface area contributed by atoms with Crippen LogP contribution in [0.3, 0.4) is 0 Å². The number of benzene rings is 6. The van der Waals surface area contributed by atoms with E-state index in [0.717, 1.165) is 93.9 Å². The molecule has 0 radical (unpaired) electrons. The van der Waals surface area contributed by atoms with Crippen molar-refractivity contribution in [2.24, 2.45) is 69.5 Å². The van der Waals surface area contributed by atoms with Crippen LogP contribution in [0.5, 0.6) is 0 Å². The molecule has 95 heavy (non-hydrogen) atoms. The van der Waals surface area contributed by atoms with Crippen molar-refractivity contribution in [1.29, 1.82) is 0 Å². The highest BCUT2D eigenvalue weighted by Crippen LogP contribution is 2.64. The van der Waals surface area contributed by atoms with Crippen molar-refractivity contribution < 1.29 is 19.5 Å². The lowest BCUT2D eigenvalue weighted by molar-refractivity contribution is -0.144. The quantitative estimate of drug-likeness (QED) is 0.0900. The zero-order chi connectivity index (χ0) is 64.0. The summed E-state index contributed by atoms with van der Waals surface area (Å²) in [5.41, 5.74) is 12.9. The van der Waals surface area contributed by atoms with E-state index in [9.17, 15) is 19.5 Å². The van der Waals surface area contributed by atoms with Crippen LogP contribution in [-0.2, 0) is 15.1 Å². The van der Waals surface area contributed by atoms with Gasteiger partial charge in [-0.1, -0.05) is 164 Å². The van der Waals surface area contributed by atoms with Gasteiger partial charge in [-0.25, -0.2) is 15.0 Å². The van der Waals surface area contributed by atoms with Gasteiger partial charge >= 0.3 is 0 Å². The average molecular weight is 1260 g/mol. The standard InChI is InChI=1S/C29H22N2O.C22H26N2O.C22H24N2O.C12H18O/c32-21-23-12-10-11-19-27(23)28-20-31(22-30-28)29(24-13-4-1-5-14-24,25-15-6-2-7-16-25)26-17-8-3-9-18-26;2*25-21(22-9-14-5-15(10-22)7-16(6-14)11-22)8-19-17-3-1-2-4-18(17)20-12-23-13-24(19)20;1-8(13)12-5-9-2-10(6-12)4-11(3-9)7-12/h1-22H;1-4,12-16,19,21,25H,5-11H2;1-4,12-16,19H,5-11H2;9-11H,2-7H2,1H3. The molecule has 10 heteroatoms. The number of ketones is 2. The number of rotatable bonds is 13. The van der Waals surface area contributed by atoms with Crippen LogP contribution in [0.25, 0.3) is 33.8 Å². The van der Waals surface area contributed by atoms with Gasteiger partial charge in [0.2, 0.25) is 0 Å². The first kappa shape index (κ1) is 60.6. The third-order valence-corrected chi connectivity index (χ3v) is 26.1. The summed E-state index contributed by atoms with van der Waals surface area (Å²) >= 11 is 0. The minimum Gasteiger partial charge on any atom is -0.392 e. The number of aldehydes is 1. The molecule has 23 rings (SSSR count). The Hall–Kier alpha value is -8.08. The number of hydrogen-bond acceptors (Lipinski definition) is 7. The Kier molecular flexibility index (Phi) is 15.4. The normalized spacial score (nSPS) is 30.9. The number of aromatic nitrogens is 6. The molecule has 484 valence electrons. The van der Waals surface area contributed by atoms with Gasteiger partial charge in [-0.05, 0) is 215 Å². The van der Waals surface area contributed by atoms with Crippen LogP contribution in [0.1, 0.15) is 186 Å². The summed E-state index contributed by atoms with van der Waals surface area (Å²) in [6, 6.07) is 56.5. The number of carbonyl (C=O) groups excluding carboxylic acids is 3. The van der Waals surface area contributed by atoms with Gasteiger partial charge in [0.1, 0.15) is 17.1 Å². The molecule has 3 aromatic heterocycles. The van der Waals surface area contributed by atoms with E-state index in [1.165, 1.54) is 149 Å². The van der Waals surface area contributed by atoms with Crippen molar-refractivity contribution in [3.63, 3.8) is 0 Å². The smallest absolute Gasteiger partial charge is 0.150 e. The van der Waals surface area contributed by atoms with Gasteiger partial charge in [0.25, 0.3) is 0 Å². The monoisotopic (exact) mass is 1260 g/mol. The second kappa shape index (κ2) is 24.2. The Morgan fingerprint density at radius 2 is 0.884 bits per heavy atom. The molecule has 12 fully saturated rings. The molecule has 14 aliphatic rings. The molecule has 3 atom stereocenters. The first-order valence-corrected chi connectivity index (χ1v) is 36.2. The Morgan fingerprint density at radius 3 is 1.34 bits per heavy atom. The maximum absolute atomic E-state index is 13.6. The summed E-state index contributed by atoms with van der Waals surface area (Å²) in [4.78, 5) is 50.4. The van der Waals surface area contributed by atoms with Gasteiger partial charge in [-0.2, -0.15) is 0 Å². The second-order valence-corrected chi connectivity index (χ2v) is 31.9. The largest absolute Gasteiger partial charge is 0.392 e. The Balaban J connectivity index is 0.0000000994. The van der Waals surface area contributed by atoms with Crippen molar-refractivity contribution in [3.05, 3.63) is 235 Å². The Bertz CT molecular complexity index is 4090. The highest BCUT2D eigenvalue weighted by molar-refractivity contribution is 5.88. The van der Waals surface area contributed by atoms with E-state index in [-0.39, 0.29) is 34.4 Å². The topological polar surface area (TPSA) is 125 Å². The maximum atomic E-state index is 13.6. The lowest BCUT2D eigenvalue weighted by atomic mass is 9.48. The summed E-state index contributed by atoms with van der Waals surface area (Å²) in [7, 11) is 0. The van der Waals surface area contributed by atoms with Crippen molar-refractivity contribution >= 4 is 17.9 Å². The zero-order valence-electron chi connectivity index (χ0n) is 55.1. The summed E-state index contributed by atoms with van der Waals surface area (Å²) in [6.45, 7) is 1.83. The van der Waals surface area contributed by atoms with Crippen LogP contribution in [0.4, 0.5) is 0 Å². The number of aliphatic hydroxyl groups is 1. The average Bonchev–Trinajstić information content (AvgIpc) is 1.74. The number of imidazole rings is 3. The summed E-state index contributed by atoms with van der Waals surface area (Å²) in [6.07, 6.45) is 37.7. The fourth-order valence-electron chi connectivity index (χ4n) is 23.2. The molecule has 3 unspecified atom stereocenters. The van der Waals surface area contributed by atoms with E-state index in [2.05, 4.69) is 145 Å². The predicted octanol–water partition coefficient (Wildman–Crippen LogP) is 18.0. The number of hydrogen-bond donors (Lipinski definition) is 1. The molecule has 12 aliphatic carbocycles. The molecule has 0 spiro atoms. The van der Waals surface area contributed by atoms with Crippen LogP contribution in [-0.4, -0.2) is 57.7 Å². The fourth-order valence-corrected chi connectivity index (χ4v) is 23.2. The third kappa shape index (κ3) is 10.6. The van der Waals surface area contributed by atoms with Gasteiger partial charge in [-0.15, -0.1) is 0 Å². The fraction of sp³-hybridized carbons (Fsp3) is 0.435. The lowest BCUT2D eigenvalue weighted by Gasteiger charge is -2.58. The third-order valence-electron chi connectivity index (χ3n) is 26.1. The maximum Gasteiger partial charge on any atom is 0.150 e. The van der Waals surface area contributed by atoms with Gasteiger partial charge < -0.3 is 18.8 Å². The number of aliphatic hydroxyl groups excluding tert-OH is 1. The molecule has 0 saturated heterocycles. The highest BCUT2D eigenvalue weighted by atomic mass is 16.3. The molecule has 12 bridgehead atoms. The molecule has 12 saturated carbocycles. The van der Waals surface area contributed by atoms with E-state index in [4.69, 9.17) is 4.98 Å². The molecule has 9 aromatic rings. The lowest BCUT2D eigenvalue weighted by Crippen LogP contribution is -2.52. The number of Topliss-reactive ketones (excluding diaryl/α,β-unsaturated/α-hetero) is 2. The van der Waals surface area contributed by atoms with Gasteiger partial charge in [0.15, 0.2) is 6.29 Å². The molecule has 2 aliphatic heterocycles. The van der Waals surface area contributed by atoms with E-state index in [1.54, 1.807) is 0 Å². The second-order valence-electron chi connectivity index (χ2n) is 31.9. The predicted molar refractivity (Wildman–Crippen MR) is 372 cm³/mol. The minimum absolute atomic E-state index is 0.00697. The van der Waals surface area contributed by atoms with Crippen molar-refractivity contribution in [1.82, 2.24) is 28.7 Å². The number of fused-ring (bicyclic) bond motifs is 6. The van der Waals surface area contributed by atoms with Gasteiger partial charge in [0, 0.05) is 45.7 Å². The Morgan fingerprint density at radius 1 is 0.495 bits per heavy atom. The first-order chi connectivity index (χ1) is 46.4. The molecule has 5 heterocycles. The molecule has 6 aromatic carbocycles. The van der Waals surface area contributed by atoms with E-state index in [1.807, 2.05) is 87.0 Å². The van der Waals surface area contributed by atoms with E-state index < -0.39 is 5.54 Å². The summed E-state index contributed by atoms with van der Waals surface area (Å²) in [5.74, 6) is 8.92. The van der Waals surface area contributed by atoms with Crippen LogP contribution < -0.4 is 0 Å². The Labute approximate surface area is 560 Å². The summed E-state index contributed by atoms with van der Waals surface area (Å²) < 4.78 is 6.67. The molecular formula is C85H90N6O4. The van der Waals surface area contributed by atoms with Crippen molar-refractivity contribution in [3.8, 4) is 33.8 Å². The molecular weight excluding hydrogens is 1170 g/mol. The number of nitrogens with zero attached hydrogens (tertiary/aromatic N) is 6. The van der Waals surface area contributed by atoms with Crippen molar-refractivity contribution in [2.45, 2.75) is 159 Å². The van der Waals surface area contributed by atoms with E-state index in [0.29, 0.717) is 23.6 Å². The van der Waals surface area contributed by atoms with E-state index >= 15 is 0 Å². The SMILES string of the molecule is CC(=O)C12CC3CC(CC(C3)C1)C2.O=C(CC1c2ccccc2-c2cncn21)C12CC3CC(CC(C3)C1)C2.O=Cc1ccccc1-c1cn(C(c2ccccc2)(c2ccccc2)c2ccccc2)cn1.OC(CC1c2ccccc2-c2cncn21)C12CC3CC(CC(C3)C1)C2. The van der Waals surface area contributed by atoms with Crippen LogP contribution >= 0.6 is 0 Å². The van der Waals surface area contributed by atoms with Crippen molar-refractivity contribution in [2.75, 3.05) is 0 Å². The van der Waals surface area contributed by atoms with Crippen LogP contribution in [0.2, 0.25) is 0 Å². The first-order valence-electron chi connectivity index (χ1n) is 36.2. The van der Waals surface area contributed by atoms with Gasteiger partial charge in [0.05, 0.1) is 66.6 Å². The summed E-state index contributed by atoms with van der Waals surface area (Å²) in [5, 5.41) is 11.4. The zero-order valence-corrected chi connectivity index (χ0v) is 55.1. The molecule has 10 nitrogen and oxygen atoms in total. The van der Waals surface area contributed by atoms with Crippen LogP contribution in [0.15, 0.2) is 201 Å². The van der Waals surface area contributed by atoms with Crippen LogP contribution in [0, 0.1) is 69.5 Å². The van der Waals surface area contributed by atoms with Gasteiger partial charge in [-0.3, -0.25) is 14.4 Å². The molecule has 1 N–H and O–H groups in total. The highest BCUT2D eigenvalue weighted by Gasteiger charge is 2.57. The number of carbonyl (C=O) groups is 3. The molecule has 0 amide bonds. The minimum atomic E-state index is -0.620.